The van der Waals surface area contributed by atoms with Crippen molar-refractivity contribution in [3.63, 3.8) is 0 Å². The molecule has 0 spiro atoms. The van der Waals surface area contributed by atoms with Crippen LogP contribution in [0.3, 0.4) is 0 Å². The standard InChI is InChI=1S/C32H27N5O3/c38-25-12-14-27-30(19-25)40-29-18-22(11-13-26(29)35-27)6-5-17-37(20-24-9-1-2-15-33-24)21-31(39)36-28-10-3-7-23-8-4-16-34-32(23)28/h1-4,7-16,18-19H,5-6,17,20-21H2,(H,36,39). The lowest BCUT2D eigenvalue weighted by atomic mass is 10.1. The number of hydrogen-bond acceptors (Lipinski definition) is 7. The van der Waals surface area contributed by atoms with Gasteiger partial charge in [0.15, 0.2) is 16.8 Å². The monoisotopic (exact) mass is 529 g/mol. The van der Waals surface area contributed by atoms with E-state index in [2.05, 4.69) is 25.2 Å². The molecule has 198 valence electrons. The van der Waals surface area contributed by atoms with Crippen molar-refractivity contribution in [3.05, 3.63) is 119 Å². The Balaban J connectivity index is 1.15. The lowest BCUT2D eigenvalue weighted by Crippen LogP contribution is -2.34. The SMILES string of the molecule is O=C(CN(CCCc1ccc2nc3ccc(=O)cc-3oc2c1)Cc1ccccn1)Nc1cccc2cccnc12. The fourth-order valence-electron chi connectivity index (χ4n) is 4.84. The van der Waals surface area contributed by atoms with E-state index >= 15 is 0 Å². The second-order valence-electron chi connectivity index (χ2n) is 9.71. The van der Waals surface area contributed by atoms with Gasteiger partial charge in [0, 0.05) is 30.4 Å². The number of pyridine rings is 2. The van der Waals surface area contributed by atoms with Gasteiger partial charge >= 0.3 is 0 Å². The first-order valence-corrected chi connectivity index (χ1v) is 13.2. The number of amides is 1. The van der Waals surface area contributed by atoms with Crippen molar-refractivity contribution >= 4 is 33.6 Å². The number of nitrogens with one attached hydrogen (secondary N) is 1. The van der Waals surface area contributed by atoms with E-state index in [0.29, 0.717) is 35.8 Å². The molecule has 0 saturated heterocycles. The highest BCUT2D eigenvalue weighted by Crippen LogP contribution is 2.25. The van der Waals surface area contributed by atoms with Crippen LogP contribution in [0.15, 0.2) is 107 Å². The first-order chi connectivity index (χ1) is 19.6. The first kappa shape index (κ1) is 25.3. The first-order valence-electron chi connectivity index (χ1n) is 13.2. The molecule has 1 aliphatic carbocycles. The number of nitrogens with zero attached hydrogens (tertiary/aromatic N) is 4. The average molecular weight is 530 g/mol. The summed E-state index contributed by atoms with van der Waals surface area (Å²) >= 11 is 0. The van der Waals surface area contributed by atoms with Crippen LogP contribution < -0.4 is 10.7 Å². The van der Waals surface area contributed by atoms with Gasteiger partial charge in [-0.3, -0.25) is 24.5 Å². The largest absolute Gasteiger partial charge is 0.453 e. The number of aromatic nitrogens is 3. The summed E-state index contributed by atoms with van der Waals surface area (Å²) in [6, 6.07) is 26.0. The minimum Gasteiger partial charge on any atom is -0.453 e. The van der Waals surface area contributed by atoms with Gasteiger partial charge in [-0.1, -0.05) is 30.3 Å². The molecule has 0 saturated carbocycles. The fraction of sp³-hybridized carbons (Fsp3) is 0.156. The van der Waals surface area contributed by atoms with Crippen molar-refractivity contribution in [2.75, 3.05) is 18.4 Å². The fourth-order valence-corrected chi connectivity index (χ4v) is 4.84. The number of fused-ring (bicyclic) bond motifs is 3. The molecule has 4 aromatic rings. The van der Waals surface area contributed by atoms with Gasteiger partial charge < -0.3 is 9.73 Å². The lowest BCUT2D eigenvalue weighted by molar-refractivity contribution is -0.117. The van der Waals surface area contributed by atoms with E-state index in [1.807, 2.05) is 66.7 Å². The van der Waals surface area contributed by atoms with Gasteiger partial charge in [0.2, 0.25) is 5.91 Å². The Morgan fingerprint density at radius 3 is 2.70 bits per heavy atom. The Hall–Kier alpha value is -4.95. The maximum atomic E-state index is 13.1. The third-order valence-corrected chi connectivity index (χ3v) is 6.74. The lowest BCUT2D eigenvalue weighted by Gasteiger charge is -2.21. The number of carbonyl (C=O) groups excluding carboxylic acids is 1. The molecule has 3 heterocycles. The zero-order valence-corrected chi connectivity index (χ0v) is 21.8. The minimum absolute atomic E-state index is 0.103. The van der Waals surface area contributed by atoms with Crippen LogP contribution in [0.2, 0.25) is 0 Å². The Morgan fingerprint density at radius 2 is 1.80 bits per heavy atom. The number of hydrogen-bond donors (Lipinski definition) is 1. The van der Waals surface area contributed by atoms with Crippen molar-refractivity contribution in [2.24, 2.45) is 0 Å². The van der Waals surface area contributed by atoms with E-state index in [9.17, 15) is 9.59 Å². The second-order valence-corrected chi connectivity index (χ2v) is 9.71. The van der Waals surface area contributed by atoms with Gasteiger partial charge in [0.1, 0.15) is 11.2 Å². The van der Waals surface area contributed by atoms with Crippen LogP contribution in [0, 0.1) is 0 Å². The summed E-state index contributed by atoms with van der Waals surface area (Å²) in [5, 5.41) is 4.02. The maximum absolute atomic E-state index is 13.1. The van der Waals surface area contributed by atoms with E-state index in [0.717, 1.165) is 40.5 Å². The molecular formula is C32H27N5O3. The summed E-state index contributed by atoms with van der Waals surface area (Å²) in [4.78, 5) is 40.5. The van der Waals surface area contributed by atoms with E-state index in [1.54, 1.807) is 18.5 Å². The Kier molecular flexibility index (Phi) is 7.24. The van der Waals surface area contributed by atoms with Crippen LogP contribution in [0.1, 0.15) is 17.7 Å². The van der Waals surface area contributed by atoms with E-state index in [4.69, 9.17) is 4.42 Å². The van der Waals surface area contributed by atoms with Crippen molar-refractivity contribution in [3.8, 4) is 11.5 Å². The quantitative estimate of drug-likeness (QED) is 0.253. The number of anilines is 1. The van der Waals surface area contributed by atoms with E-state index in [1.165, 1.54) is 12.1 Å². The molecule has 1 amide bonds. The molecule has 6 rings (SSSR count). The minimum atomic E-state index is -0.109. The molecule has 0 fully saturated rings. The molecular weight excluding hydrogens is 502 g/mol. The zero-order valence-electron chi connectivity index (χ0n) is 21.8. The molecule has 0 unspecified atom stereocenters. The third kappa shape index (κ3) is 5.87. The van der Waals surface area contributed by atoms with Gasteiger partial charge in [0.05, 0.1) is 23.4 Å². The summed E-state index contributed by atoms with van der Waals surface area (Å²) < 4.78 is 5.97. The molecule has 40 heavy (non-hydrogen) atoms. The van der Waals surface area contributed by atoms with Crippen LogP contribution >= 0.6 is 0 Å². The van der Waals surface area contributed by atoms with Crippen LogP contribution in [0.25, 0.3) is 33.5 Å². The number of para-hydroxylation sites is 1. The third-order valence-electron chi connectivity index (χ3n) is 6.74. The molecule has 0 bridgehead atoms. The molecule has 1 N–H and O–H groups in total. The van der Waals surface area contributed by atoms with Crippen LogP contribution in [-0.4, -0.2) is 38.8 Å². The zero-order chi connectivity index (χ0) is 27.3. The van der Waals surface area contributed by atoms with Crippen molar-refractivity contribution in [1.82, 2.24) is 19.9 Å². The van der Waals surface area contributed by atoms with Crippen LogP contribution in [-0.2, 0) is 17.8 Å². The summed E-state index contributed by atoms with van der Waals surface area (Å²) in [7, 11) is 0. The molecule has 8 heteroatoms. The van der Waals surface area contributed by atoms with Crippen molar-refractivity contribution < 1.29 is 9.21 Å². The molecule has 0 radical (unpaired) electrons. The van der Waals surface area contributed by atoms with Crippen LogP contribution in [0.4, 0.5) is 5.69 Å². The predicted octanol–water partition coefficient (Wildman–Crippen LogP) is 5.31. The summed E-state index contributed by atoms with van der Waals surface area (Å²) in [5.74, 6) is 0.375. The Labute approximate surface area is 230 Å². The molecule has 2 aromatic carbocycles. The highest BCUT2D eigenvalue weighted by Gasteiger charge is 2.15. The number of aryl methyl sites for hydroxylation is 1. The predicted molar refractivity (Wildman–Crippen MR) is 155 cm³/mol. The van der Waals surface area contributed by atoms with E-state index in [-0.39, 0.29) is 17.9 Å². The van der Waals surface area contributed by atoms with E-state index < -0.39 is 0 Å². The van der Waals surface area contributed by atoms with Crippen LogP contribution in [0.5, 0.6) is 0 Å². The van der Waals surface area contributed by atoms with Gasteiger partial charge in [-0.05, 0) is 73.5 Å². The summed E-state index contributed by atoms with van der Waals surface area (Å²) in [5.41, 5.74) is 5.40. The average Bonchev–Trinajstić information content (AvgIpc) is 2.97. The Morgan fingerprint density at radius 1 is 0.900 bits per heavy atom. The van der Waals surface area contributed by atoms with Crippen molar-refractivity contribution in [2.45, 2.75) is 19.4 Å². The summed E-state index contributed by atoms with van der Waals surface area (Å²) in [6.07, 6.45) is 5.11. The van der Waals surface area contributed by atoms with Gasteiger partial charge in [-0.2, -0.15) is 0 Å². The topological polar surface area (TPSA) is 101 Å². The van der Waals surface area contributed by atoms with Gasteiger partial charge in [-0.25, -0.2) is 4.98 Å². The van der Waals surface area contributed by atoms with Gasteiger partial charge in [0.25, 0.3) is 0 Å². The normalized spacial score (nSPS) is 11.4. The maximum Gasteiger partial charge on any atom is 0.238 e. The van der Waals surface area contributed by atoms with Gasteiger partial charge in [-0.15, -0.1) is 0 Å². The highest BCUT2D eigenvalue weighted by atomic mass is 16.3. The van der Waals surface area contributed by atoms with Crippen molar-refractivity contribution in [1.29, 1.82) is 0 Å². The second kappa shape index (κ2) is 11.4. The smallest absolute Gasteiger partial charge is 0.238 e. The molecule has 8 nitrogen and oxygen atoms in total. The molecule has 2 aromatic heterocycles. The number of carbonyl (C=O) groups is 1. The molecule has 2 aliphatic rings. The molecule has 1 aliphatic heterocycles. The summed E-state index contributed by atoms with van der Waals surface area (Å²) in [6.45, 7) is 1.48. The highest BCUT2D eigenvalue weighted by molar-refractivity contribution is 6.00. The Bertz CT molecular complexity index is 1810. The molecule has 0 atom stereocenters. The number of rotatable bonds is 9. The number of benzene rings is 3.